The van der Waals surface area contributed by atoms with Crippen molar-refractivity contribution < 1.29 is 14.4 Å². The van der Waals surface area contributed by atoms with Crippen LogP contribution in [0.5, 0.6) is 5.75 Å². The fraction of sp³-hybridized carbons (Fsp3) is 0.435. The number of rotatable bonds is 8. The fourth-order valence-electron chi connectivity index (χ4n) is 3.72. The third-order valence-corrected chi connectivity index (χ3v) is 6.52. The number of nitrogens with zero attached hydrogens (tertiary/aromatic N) is 3. The highest BCUT2D eigenvalue weighted by Gasteiger charge is 2.26. The van der Waals surface area contributed by atoms with Crippen molar-refractivity contribution in [2.75, 3.05) is 20.1 Å². The Morgan fingerprint density at radius 1 is 1.35 bits per heavy atom. The van der Waals surface area contributed by atoms with Gasteiger partial charge in [-0.05, 0) is 44.5 Å². The molecule has 0 saturated carbocycles. The molecule has 0 aliphatic carbocycles. The minimum Gasteiger partial charge on any atom is -0.490 e. The van der Waals surface area contributed by atoms with Gasteiger partial charge in [-0.2, -0.15) is 0 Å². The van der Waals surface area contributed by atoms with Crippen molar-refractivity contribution >= 4 is 40.3 Å². The Morgan fingerprint density at radius 2 is 2.19 bits per heavy atom. The number of hydrogen-bond donors (Lipinski definition) is 0. The van der Waals surface area contributed by atoms with Gasteiger partial charge in [0.05, 0.1) is 27.6 Å². The van der Waals surface area contributed by atoms with Crippen LogP contribution in [0.1, 0.15) is 53.9 Å². The molecule has 0 fully saturated rings. The van der Waals surface area contributed by atoms with Gasteiger partial charge in [0.25, 0.3) is 0 Å². The van der Waals surface area contributed by atoms with Crippen LogP contribution in [-0.4, -0.2) is 54.6 Å². The van der Waals surface area contributed by atoms with Crippen molar-refractivity contribution in [3.05, 3.63) is 50.7 Å². The number of ketones is 1. The number of amidine groups is 1. The maximum Gasteiger partial charge on any atom is 0.172 e. The lowest BCUT2D eigenvalue weighted by atomic mass is 9.99. The molecule has 2 aliphatic rings. The van der Waals surface area contributed by atoms with E-state index in [0.717, 1.165) is 41.5 Å². The highest BCUT2D eigenvalue weighted by Crippen LogP contribution is 2.30. The Labute approximate surface area is 191 Å². The molecule has 0 radical (unpaired) electrons. The van der Waals surface area contributed by atoms with Crippen molar-refractivity contribution in [3.63, 3.8) is 0 Å². The highest BCUT2D eigenvalue weighted by atomic mass is 35.5. The second-order valence-electron chi connectivity index (χ2n) is 8.04. The summed E-state index contributed by atoms with van der Waals surface area (Å²) in [6, 6.07) is 9.65. The fourth-order valence-corrected chi connectivity index (χ4v) is 4.73. The Hall–Kier alpha value is -2.38. The second kappa shape index (κ2) is 9.40. The number of ether oxygens (including phenoxy) is 1. The molecule has 1 aromatic heterocycles. The summed E-state index contributed by atoms with van der Waals surface area (Å²) < 4.78 is 6.74. The van der Waals surface area contributed by atoms with E-state index in [1.54, 1.807) is 12.1 Å². The summed E-state index contributed by atoms with van der Waals surface area (Å²) in [5.41, 5.74) is 2.81. The van der Waals surface area contributed by atoms with Gasteiger partial charge in [-0.1, -0.05) is 22.8 Å². The zero-order valence-electron chi connectivity index (χ0n) is 17.9. The van der Waals surface area contributed by atoms with Gasteiger partial charge in [0.15, 0.2) is 5.78 Å². The number of benzene rings is 1. The summed E-state index contributed by atoms with van der Waals surface area (Å²) in [6.07, 6.45) is 1.58. The minimum atomic E-state index is -0.119. The van der Waals surface area contributed by atoms with E-state index in [0.29, 0.717) is 28.5 Å². The lowest BCUT2D eigenvalue weighted by Gasteiger charge is -2.18. The molecule has 31 heavy (non-hydrogen) atoms. The molecule has 3 heterocycles. The van der Waals surface area contributed by atoms with Gasteiger partial charge in [0.1, 0.15) is 17.7 Å². The summed E-state index contributed by atoms with van der Waals surface area (Å²) in [7, 11) is 2.05. The zero-order valence-corrected chi connectivity index (χ0v) is 19.5. The molecule has 8 heteroatoms. The van der Waals surface area contributed by atoms with Crippen LogP contribution < -0.4 is 4.74 Å². The quantitative estimate of drug-likeness (QED) is 0.519. The predicted molar refractivity (Wildman–Crippen MR) is 125 cm³/mol. The molecule has 0 saturated heterocycles. The minimum absolute atomic E-state index is 0.0335. The Balaban J connectivity index is 1.44. The first-order chi connectivity index (χ1) is 14.9. The lowest BCUT2D eigenvalue weighted by molar-refractivity contribution is 0.0720. The Bertz CT molecular complexity index is 1030. The Kier molecular flexibility index (Phi) is 6.62. The molecule has 0 spiro atoms. The van der Waals surface area contributed by atoms with Gasteiger partial charge < -0.3 is 14.5 Å². The molecule has 0 amide bonds. The second-order valence-corrected chi connectivity index (χ2v) is 9.75. The molecule has 0 bridgehead atoms. The van der Waals surface area contributed by atoms with E-state index in [9.17, 15) is 4.79 Å². The summed E-state index contributed by atoms with van der Waals surface area (Å²) in [5, 5.41) is 4.32. The molecule has 4 rings (SSSR count). The van der Waals surface area contributed by atoms with Gasteiger partial charge in [-0.15, -0.1) is 11.3 Å². The molecule has 2 aromatic rings. The molecule has 164 valence electrons. The number of carbonyl (C=O) groups excluding carboxylic acids is 1. The highest BCUT2D eigenvalue weighted by molar-refractivity contribution is 7.18. The van der Waals surface area contributed by atoms with E-state index in [4.69, 9.17) is 21.2 Å². The summed E-state index contributed by atoms with van der Waals surface area (Å²) in [4.78, 5) is 25.4. The maximum absolute atomic E-state index is 12.4. The van der Waals surface area contributed by atoms with Crippen LogP contribution in [0.4, 0.5) is 0 Å². The number of carbonyl (C=O) groups is 1. The maximum atomic E-state index is 12.4. The topological polar surface area (TPSA) is 63.5 Å². The van der Waals surface area contributed by atoms with Crippen molar-refractivity contribution in [2.24, 2.45) is 10.1 Å². The zero-order chi connectivity index (χ0) is 22.0. The average Bonchev–Trinajstić information content (AvgIpc) is 3.47. The van der Waals surface area contributed by atoms with Crippen LogP contribution in [-0.2, 0) is 4.84 Å². The lowest BCUT2D eigenvalue weighted by Crippen LogP contribution is -2.23. The van der Waals surface area contributed by atoms with Crippen molar-refractivity contribution in [3.8, 4) is 5.75 Å². The third kappa shape index (κ3) is 5.10. The van der Waals surface area contributed by atoms with E-state index in [1.807, 2.05) is 33.0 Å². The molecular weight excluding hydrogens is 434 g/mol. The van der Waals surface area contributed by atoms with Crippen LogP contribution in [0.3, 0.4) is 0 Å². The first-order valence-corrected chi connectivity index (χ1v) is 11.7. The summed E-state index contributed by atoms with van der Waals surface area (Å²) in [5.74, 6) is 1.85. The van der Waals surface area contributed by atoms with E-state index in [-0.39, 0.29) is 18.0 Å². The number of halogens is 1. The molecule has 1 atom stereocenters. The van der Waals surface area contributed by atoms with Crippen LogP contribution in [0.25, 0.3) is 0 Å². The normalized spacial score (nSPS) is 18.2. The van der Waals surface area contributed by atoms with E-state index >= 15 is 0 Å². The molecular formula is C23H26ClN3O3S. The molecule has 0 N–H and O–H groups in total. The van der Waals surface area contributed by atoms with E-state index in [2.05, 4.69) is 21.1 Å². The third-order valence-electron chi connectivity index (χ3n) is 5.25. The number of thiophene rings is 1. The number of Topliss-reactive ketones (excluding diaryl/α,β-unsaturated/α-hetero) is 1. The number of oxime groups is 1. The predicted octanol–water partition coefficient (Wildman–Crippen LogP) is 5.04. The van der Waals surface area contributed by atoms with Gasteiger partial charge in [-0.25, -0.2) is 0 Å². The molecule has 6 nitrogen and oxygen atoms in total. The van der Waals surface area contributed by atoms with Crippen molar-refractivity contribution in [2.45, 2.75) is 45.3 Å². The molecule has 1 unspecified atom stereocenters. The summed E-state index contributed by atoms with van der Waals surface area (Å²) >= 11 is 7.24. The number of likely N-dealkylation sites (N-methyl/N-ethyl adjacent to an activating group) is 1. The van der Waals surface area contributed by atoms with E-state index < -0.39 is 0 Å². The summed E-state index contributed by atoms with van der Waals surface area (Å²) in [6.45, 7) is 5.75. The number of aliphatic imine (C=N–C) groups is 1. The van der Waals surface area contributed by atoms with Crippen molar-refractivity contribution in [1.82, 2.24) is 4.90 Å². The van der Waals surface area contributed by atoms with Gasteiger partial charge in [0, 0.05) is 37.6 Å². The molecule has 1 aromatic carbocycles. The van der Waals surface area contributed by atoms with Crippen LogP contribution >= 0.6 is 22.9 Å². The smallest absolute Gasteiger partial charge is 0.172 e. The van der Waals surface area contributed by atoms with Crippen LogP contribution in [0.2, 0.25) is 4.34 Å². The van der Waals surface area contributed by atoms with Crippen LogP contribution in [0, 0.1) is 0 Å². The monoisotopic (exact) mass is 459 g/mol. The SMILES string of the molecule is CC(C)Oc1cc(C2=NCCN2C)ccc1C1=NOC(CCC(=O)c2ccc(Cl)s2)C1. The van der Waals surface area contributed by atoms with Crippen molar-refractivity contribution in [1.29, 1.82) is 0 Å². The van der Waals surface area contributed by atoms with Gasteiger partial charge in [-0.3, -0.25) is 9.79 Å². The van der Waals surface area contributed by atoms with E-state index in [1.165, 1.54) is 11.3 Å². The largest absolute Gasteiger partial charge is 0.490 e. The van der Waals surface area contributed by atoms with Gasteiger partial charge in [0.2, 0.25) is 0 Å². The first-order valence-electron chi connectivity index (χ1n) is 10.5. The standard InChI is InChI=1S/C23H26ClN3O3S/c1-14(2)29-20-12-15(23-25-10-11-27(23)3)4-6-17(20)18-13-16(30-26-18)5-7-19(28)21-8-9-22(24)31-21/h4,6,8-9,12,14,16H,5,7,10-11,13H2,1-3H3. The first kappa shape index (κ1) is 21.8. The Morgan fingerprint density at radius 3 is 2.87 bits per heavy atom. The van der Waals surface area contributed by atoms with Gasteiger partial charge >= 0.3 is 0 Å². The van der Waals surface area contributed by atoms with Crippen LogP contribution in [0.15, 0.2) is 40.5 Å². The average molecular weight is 460 g/mol. The molecule has 2 aliphatic heterocycles. The number of hydrogen-bond acceptors (Lipinski definition) is 7.